The third-order valence-corrected chi connectivity index (χ3v) is 3.63. The number of nitrogens with one attached hydrogen (secondary N) is 1. The minimum atomic E-state index is -0.175. The highest BCUT2D eigenvalue weighted by Gasteiger charge is 2.19. The predicted molar refractivity (Wildman–Crippen MR) is 63.5 cm³/mol. The van der Waals surface area contributed by atoms with Gasteiger partial charge < -0.3 is 15.0 Å². The number of thioether (sulfide) groups is 1. The molecule has 1 rings (SSSR count). The first-order valence-electron chi connectivity index (χ1n) is 5.33. The maximum Gasteiger partial charge on any atom is 0.317 e. The van der Waals surface area contributed by atoms with Gasteiger partial charge in [0.1, 0.15) is 0 Å². The van der Waals surface area contributed by atoms with Crippen LogP contribution in [0.3, 0.4) is 0 Å². The molecule has 2 amide bonds. The Hall–Kier alpha value is -0.910. The topological polar surface area (TPSA) is 58.6 Å². The van der Waals surface area contributed by atoms with Crippen molar-refractivity contribution in [2.45, 2.75) is 6.92 Å². The van der Waals surface area contributed by atoms with Crippen molar-refractivity contribution in [1.29, 1.82) is 0 Å². The minimum Gasteiger partial charge on any atom is -0.469 e. The fourth-order valence-electron chi connectivity index (χ4n) is 1.43. The quantitative estimate of drug-likeness (QED) is 0.549. The zero-order valence-corrected chi connectivity index (χ0v) is 10.5. The van der Waals surface area contributed by atoms with Crippen molar-refractivity contribution in [1.82, 2.24) is 10.2 Å². The lowest BCUT2D eigenvalue weighted by atomic mass is 10.2. The second kappa shape index (κ2) is 6.62. The second-order valence-electron chi connectivity index (χ2n) is 3.72. The minimum absolute atomic E-state index is 0.0154. The van der Waals surface area contributed by atoms with Crippen molar-refractivity contribution < 1.29 is 14.3 Å². The zero-order chi connectivity index (χ0) is 12.0. The normalized spacial score (nSPS) is 17.1. The van der Waals surface area contributed by atoms with Gasteiger partial charge in [-0.1, -0.05) is 6.92 Å². The molecule has 92 valence electrons. The molecule has 0 spiro atoms. The van der Waals surface area contributed by atoms with Crippen LogP contribution in [0, 0.1) is 5.92 Å². The standard InChI is InChI=1S/C10H18N2O3S/c1-8(9(13)15-2)7-16-6-5-12-4-3-11-10(12)14/h8H,3-7H2,1-2H3,(H,11,14). The molecule has 16 heavy (non-hydrogen) atoms. The fourth-order valence-corrected chi connectivity index (χ4v) is 2.43. The molecule has 1 N–H and O–H groups in total. The largest absolute Gasteiger partial charge is 0.469 e. The van der Waals surface area contributed by atoms with Crippen LogP contribution >= 0.6 is 11.8 Å². The van der Waals surface area contributed by atoms with Crippen LogP contribution in [0.2, 0.25) is 0 Å². The van der Waals surface area contributed by atoms with E-state index in [0.717, 1.165) is 31.1 Å². The number of ether oxygens (including phenoxy) is 1. The molecule has 5 nitrogen and oxygen atoms in total. The summed E-state index contributed by atoms with van der Waals surface area (Å²) in [5.41, 5.74) is 0. The van der Waals surface area contributed by atoms with Crippen molar-refractivity contribution in [3.8, 4) is 0 Å². The van der Waals surface area contributed by atoms with E-state index in [9.17, 15) is 9.59 Å². The van der Waals surface area contributed by atoms with Crippen molar-refractivity contribution in [3.63, 3.8) is 0 Å². The lowest BCUT2D eigenvalue weighted by molar-refractivity contribution is -0.143. The summed E-state index contributed by atoms with van der Waals surface area (Å²) < 4.78 is 4.63. The number of amides is 2. The van der Waals surface area contributed by atoms with E-state index in [4.69, 9.17) is 0 Å². The molecule has 1 aliphatic rings. The highest BCUT2D eigenvalue weighted by molar-refractivity contribution is 7.99. The van der Waals surface area contributed by atoms with E-state index < -0.39 is 0 Å². The molecule has 0 aromatic rings. The molecule has 1 saturated heterocycles. The van der Waals surface area contributed by atoms with Crippen LogP contribution in [0.4, 0.5) is 4.79 Å². The number of rotatable bonds is 6. The van der Waals surface area contributed by atoms with Gasteiger partial charge in [-0.3, -0.25) is 4.79 Å². The van der Waals surface area contributed by atoms with Gasteiger partial charge >= 0.3 is 12.0 Å². The molecule has 1 heterocycles. The Morgan fingerprint density at radius 2 is 2.44 bits per heavy atom. The summed E-state index contributed by atoms with van der Waals surface area (Å²) in [6.07, 6.45) is 0. The predicted octanol–water partition coefficient (Wildman–Crippen LogP) is 0.554. The van der Waals surface area contributed by atoms with Crippen LogP contribution < -0.4 is 5.32 Å². The number of carbonyl (C=O) groups is 2. The van der Waals surface area contributed by atoms with Crippen LogP contribution in [0.1, 0.15) is 6.92 Å². The highest BCUT2D eigenvalue weighted by Crippen LogP contribution is 2.10. The van der Waals surface area contributed by atoms with Crippen LogP contribution in [0.5, 0.6) is 0 Å². The molecule has 1 atom stereocenters. The zero-order valence-electron chi connectivity index (χ0n) is 9.69. The monoisotopic (exact) mass is 246 g/mol. The first kappa shape index (κ1) is 13.2. The van der Waals surface area contributed by atoms with E-state index in [1.807, 2.05) is 6.92 Å². The van der Waals surface area contributed by atoms with Crippen molar-refractivity contribution in [2.75, 3.05) is 38.2 Å². The average Bonchev–Trinajstić information content (AvgIpc) is 2.69. The van der Waals surface area contributed by atoms with E-state index in [1.54, 1.807) is 16.7 Å². The van der Waals surface area contributed by atoms with Crippen LogP contribution in [-0.2, 0) is 9.53 Å². The van der Waals surface area contributed by atoms with Crippen LogP contribution in [-0.4, -0.2) is 55.2 Å². The first-order valence-corrected chi connectivity index (χ1v) is 6.49. The molecule has 0 aromatic heterocycles. The number of methoxy groups -OCH3 is 1. The molecule has 1 unspecified atom stereocenters. The molecule has 1 fully saturated rings. The molecule has 6 heteroatoms. The summed E-state index contributed by atoms with van der Waals surface area (Å²) in [7, 11) is 1.40. The Kier molecular flexibility index (Phi) is 5.45. The molecule has 0 radical (unpaired) electrons. The van der Waals surface area contributed by atoms with E-state index in [1.165, 1.54) is 7.11 Å². The molecule has 0 saturated carbocycles. The number of carbonyl (C=O) groups excluding carboxylic acids is 2. The highest BCUT2D eigenvalue weighted by atomic mass is 32.2. The Balaban J connectivity index is 2.07. The van der Waals surface area contributed by atoms with Gasteiger partial charge in [0.15, 0.2) is 0 Å². The molecule has 0 bridgehead atoms. The Morgan fingerprint density at radius 1 is 1.69 bits per heavy atom. The lowest BCUT2D eigenvalue weighted by Crippen LogP contribution is -2.30. The number of hydrogen-bond acceptors (Lipinski definition) is 4. The van der Waals surface area contributed by atoms with Crippen LogP contribution in [0.15, 0.2) is 0 Å². The van der Waals surface area contributed by atoms with E-state index >= 15 is 0 Å². The van der Waals surface area contributed by atoms with Gasteiger partial charge in [0.2, 0.25) is 0 Å². The molecule has 0 aromatic carbocycles. The summed E-state index contributed by atoms with van der Waals surface area (Å²) in [6, 6.07) is 0.0154. The Bertz CT molecular complexity index is 260. The maximum atomic E-state index is 11.2. The van der Waals surface area contributed by atoms with Gasteiger partial charge in [-0.25, -0.2) is 4.79 Å². The molecule has 0 aliphatic carbocycles. The second-order valence-corrected chi connectivity index (χ2v) is 4.87. The van der Waals surface area contributed by atoms with Crippen molar-refractivity contribution >= 4 is 23.8 Å². The number of hydrogen-bond donors (Lipinski definition) is 1. The third-order valence-electron chi connectivity index (χ3n) is 2.42. The molecular weight excluding hydrogens is 228 g/mol. The fraction of sp³-hybridized carbons (Fsp3) is 0.800. The number of esters is 1. The van der Waals surface area contributed by atoms with Crippen molar-refractivity contribution in [3.05, 3.63) is 0 Å². The maximum absolute atomic E-state index is 11.2. The summed E-state index contributed by atoms with van der Waals surface area (Å²) in [4.78, 5) is 24.1. The SMILES string of the molecule is COC(=O)C(C)CSCCN1CCNC1=O. The number of nitrogens with zero attached hydrogens (tertiary/aromatic N) is 1. The lowest BCUT2D eigenvalue weighted by Gasteiger charge is -2.14. The van der Waals surface area contributed by atoms with E-state index in [0.29, 0.717) is 0 Å². The van der Waals surface area contributed by atoms with Gasteiger partial charge in [0.05, 0.1) is 13.0 Å². The van der Waals surface area contributed by atoms with Crippen LogP contribution in [0.25, 0.3) is 0 Å². The molecule has 1 aliphatic heterocycles. The van der Waals surface area contributed by atoms with Crippen molar-refractivity contribution in [2.24, 2.45) is 5.92 Å². The summed E-state index contributed by atoms with van der Waals surface area (Å²) >= 11 is 1.67. The van der Waals surface area contributed by atoms with E-state index in [-0.39, 0.29) is 17.9 Å². The third kappa shape index (κ3) is 3.92. The van der Waals surface area contributed by atoms with Gasteiger partial charge in [0, 0.05) is 31.1 Å². The first-order chi connectivity index (χ1) is 7.65. The molecular formula is C10H18N2O3S. The summed E-state index contributed by atoms with van der Waals surface area (Å²) in [5.74, 6) is 1.34. The van der Waals surface area contributed by atoms with Gasteiger partial charge in [-0.15, -0.1) is 0 Å². The van der Waals surface area contributed by atoms with Gasteiger partial charge in [-0.05, 0) is 0 Å². The average molecular weight is 246 g/mol. The number of urea groups is 1. The smallest absolute Gasteiger partial charge is 0.317 e. The van der Waals surface area contributed by atoms with Gasteiger partial charge in [0.25, 0.3) is 0 Å². The Labute approximate surface area is 99.9 Å². The Morgan fingerprint density at radius 3 is 3.00 bits per heavy atom. The summed E-state index contributed by atoms with van der Waals surface area (Å²) in [5, 5.41) is 2.75. The summed E-state index contributed by atoms with van der Waals surface area (Å²) in [6.45, 7) is 4.11. The van der Waals surface area contributed by atoms with E-state index in [2.05, 4.69) is 10.1 Å². The van der Waals surface area contributed by atoms with Gasteiger partial charge in [-0.2, -0.15) is 11.8 Å².